The van der Waals surface area contributed by atoms with Crippen LogP contribution in [0, 0.1) is 28.9 Å². The number of nitro benzene ring substituents is 1. The Hall–Kier alpha value is -2.35. The first kappa shape index (κ1) is 12.7. The lowest BCUT2D eigenvalue weighted by Gasteiger charge is -1.98. The molecule has 1 aromatic carbocycles. The third-order valence-corrected chi connectivity index (χ3v) is 2.07. The first-order valence-electron chi connectivity index (χ1n) is 4.99. The maximum atomic E-state index is 10.9. The van der Waals surface area contributed by atoms with Gasteiger partial charge in [-0.2, -0.15) is 0 Å². The van der Waals surface area contributed by atoms with Crippen molar-refractivity contribution in [2.75, 3.05) is 6.54 Å². The van der Waals surface area contributed by atoms with Gasteiger partial charge in [0.2, 0.25) is 5.91 Å². The van der Waals surface area contributed by atoms with Crippen molar-refractivity contribution in [2.45, 2.75) is 13.8 Å². The largest absolute Gasteiger partial charge is 0.345 e. The minimum atomic E-state index is -0.447. The van der Waals surface area contributed by atoms with Gasteiger partial charge in [-0.25, -0.2) is 0 Å². The number of carbonyl (C=O) groups is 1. The Morgan fingerprint density at radius 1 is 1.53 bits per heavy atom. The molecule has 0 fully saturated rings. The average Bonchev–Trinajstić information content (AvgIpc) is 2.23. The van der Waals surface area contributed by atoms with Crippen LogP contribution in [-0.4, -0.2) is 17.4 Å². The van der Waals surface area contributed by atoms with E-state index in [1.165, 1.54) is 6.92 Å². The summed E-state index contributed by atoms with van der Waals surface area (Å²) in [6.45, 7) is 3.23. The summed E-state index contributed by atoms with van der Waals surface area (Å²) in [6, 6.07) is 4.97. The highest BCUT2D eigenvalue weighted by atomic mass is 16.6. The highest BCUT2D eigenvalue weighted by molar-refractivity contribution is 5.73. The molecule has 0 spiro atoms. The summed E-state index contributed by atoms with van der Waals surface area (Å²) in [5.74, 6) is 5.17. The van der Waals surface area contributed by atoms with Crippen LogP contribution >= 0.6 is 0 Å². The van der Waals surface area contributed by atoms with Crippen LogP contribution in [0.25, 0.3) is 0 Å². The van der Waals surface area contributed by atoms with Gasteiger partial charge >= 0.3 is 0 Å². The van der Waals surface area contributed by atoms with Gasteiger partial charge in [-0.1, -0.05) is 24.0 Å². The van der Waals surface area contributed by atoms with Crippen molar-refractivity contribution >= 4 is 11.6 Å². The SMILES string of the molecule is CC(=O)NCC#Cc1cccc(C)c1[N+](=O)[O-]. The number of nitro groups is 1. The van der Waals surface area contributed by atoms with Crippen LogP contribution in [0.1, 0.15) is 18.1 Å². The van der Waals surface area contributed by atoms with Crippen molar-refractivity contribution < 1.29 is 9.72 Å². The zero-order valence-corrected chi connectivity index (χ0v) is 9.61. The van der Waals surface area contributed by atoms with Crippen LogP contribution in [0.2, 0.25) is 0 Å². The third-order valence-electron chi connectivity index (χ3n) is 2.07. The molecule has 0 saturated carbocycles. The Bertz CT molecular complexity index is 512. The molecule has 88 valence electrons. The molecule has 0 heterocycles. The number of hydrogen-bond acceptors (Lipinski definition) is 3. The Morgan fingerprint density at radius 3 is 2.82 bits per heavy atom. The predicted octanol–water partition coefficient (Wildman–Crippen LogP) is 1.39. The first-order chi connectivity index (χ1) is 8.02. The van der Waals surface area contributed by atoms with Gasteiger partial charge in [0, 0.05) is 12.5 Å². The Morgan fingerprint density at radius 2 is 2.24 bits per heavy atom. The Balaban J connectivity index is 2.94. The molecule has 0 aliphatic rings. The van der Waals surface area contributed by atoms with Crippen molar-refractivity contribution in [2.24, 2.45) is 0 Å². The molecule has 0 aromatic heterocycles. The third kappa shape index (κ3) is 3.61. The lowest BCUT2D eigenvalue weighted by atomic mass is 10.1. The van der Waals surface area contributed by atoms with Gasteiger partial charge in [0.15, 0.2) is 0 Å². The van der Waals surface area contributed by atoms with E-state index in [9.17, 15) is 14.9 Å². The fraction of sp³-hybridized carbons (Fsp3) is 0.250. The minimum absolute atomic E-state index is 0.0165. The Kier molecular flexibility index (Phi) is 4.23. The number of aryl methyl sites for hydroxylation is 1. The topological polar surface area (TPSA) is 72.2 Å². The molecule has 0 bridgehead atoms. The summed E-state index contributed by atoms with van der Waals surface area (Å²) in [6.07, 6.45) is 0. The summed E-state index contributed by atoms with van der Waals surface area (Å²) in [4.78, 5) is 21.0. The van der Waals surface area contributed by atoms with E-state index in [1.54, 1.807) is 25.1 Å². The molecule has 1 aromatic rings. The normalized spacial score (nSPS) is 9.06. The second-order valence-electron chi connectivity index (χ2n) is 3.44. The fourth-order valence-electron chi connectivity index (χ4n) is 1.31. The van der Waals surface area contributed by atoms with E-state index in [-0.39, 0.29) is 18.1 Å². The first-order valence-corrected chi connectivity index (χ1v) is 4.99. The number of carbonyl (C=O) groups excluding carboxylic acids is 1. The quantitative estimate of drug-likeness (QED) is 0.475. The van der Waals surface area contributed by atoms with E-state index in [4.69, 9.17) is 0 Å². The summed E-state index contributed by atoms with van der Waals surface area (Å²) >= 11 is 0. The van der Waals surface area contributed by atoms with Crippen LogP contribution in [-0.2, 0) is 4.79 Å². The van der Waals surface area contributed by atoms with E-state index in [1.807, 2.05) is 0 Å². The number of rotatable bonds is 2. The number of nitrogens with one attached hydrogen (secondary N) is 1. The smallest absolute Gasteiger partial charge is 0.287 e. The fourth-order valence-corrected chi connectivity index (χ4v) is 1.31. The molecule has 1 N–H and O–H groups in total. The minimum Gasteiger partial charge on any atom is -0.345 e. The monoisotopic (exact) mass is 232 g/mol. The number of hydrogen-bond donors (Lipinski definition) is 1. The van der Waals surface area contributed by atoms with Gasteiger partial charge < -0.3 is 5.32 Å². The number of benzene rings is 1. The molecule has 1 amide bonds. The summed E-state index contributed by atoms with van der Waals surface area (Å²) < 4.78 is 0. The maximum Gasteiger partial charge on any atom is 0.287 e. The number of amides is 1. The maximum absolute atomic E-state index is 10.9. The number of para-hydroxylation sites is 1. The van der Waals surface area contributed by atoms with Gasteiger partial charge in [0.1, 0.15) is 5.56 Å². The van der Waals surface area contributed by atoms with E-state index < -0.39 is 4.92 Å². The summed E-state index contributed by atoms with van der Waals surface area (Å²) in [7, 11) is 0. The number of nitrogens with zero attached hydrogens (tertiary/aromatic N) is 1. The zero-order valence-electron chi connectivity index (χ0n) is 9.61. The lowest BCUT2D eigenvalue weighted by Crippen LogP contribution is -2.19. The van der Waals surface area contributed by atoms with Gasteiger partial charge in [0.05, 0.1) is 11.5 Å². The van der Waals surface area contributed by atoms with Crippen LogP contribution in [0.15, 0.2) is 18.2 Å². The molecular formula is C12H12N2O3. The van der Waals surface area contributed by atoms with Gasteiger partial charge in [-0.3, -0.25) is 14.9 Å². The summed E-state index contributed by atoms with van der Waals surface area (Å²) in [5, 5.41) is 13.3. The highest BCUT2D eigenvalue weighted by Crippen LogP contribution is 2.21. The van der Waals surface area contributed by atoms with Crippen molar-refractivity contribution in [3.05, 3.63) is 39.4 Å². The van der Waals surface area contributed by atoms with Crippen molar-refractivity contribution in [1.82, 2.24) is 5.32 Å². The van der Waals surface area contributed by atoms with Crippen LogP contribution in [0.3, 0.4) is 0 Å². The van der Waals surface area contributed by atoms with Crippen LogP contribution in [0.5, 0.6) is 0 Å². The van der Waals surface area contributed by atoms with Crippen LogP contribution < -0.4 is 5.32 Å². The van der Waals surface area contributed by atoms with E-state index in [0.29, 0.717) is 11.1 Å². The van der Waals surface area contributed by atoms with E-state index >= 15 is 0 Å². The van der Waals surface area contributed by atoms with Gasteiger partial charge in [-0.05, 0) is 13.0 Å². The van der Waals surface area contributed by atoms with Crippen molar-refractivity contribution in [1.29, 1.82) is 0 Å². The second-order valence-corrected chi connectivity index (χ2v) is 3.44. The molecule has 0 aliphatic carbocycles. The van der Waals surface area contributed by atoms with Crippen molar-refractivity contribution in [3.8, 4) is 11.8 Å². The van der Waals surface area contributed by atoms with Crippen LogP contribution in [0.4, 0.5) is 5.69 Å². The Labute approximate surface area is 99.0 Å². The second kappa shape index (κ2) is 5.66. The van der Waals surface area contributed by atoms with E-state index in [2.05, 4.69) is 17.2 Å². The zero-order chi connectivity index (χ0) is 12.8. The van der Waals surface area contributed by atoms with Gasteiger partial charge in [-0.15, -0.1) is 0 Å². The molecule has 0 atom stereocenters. The molecular weight excluding hydrogens is 220 g/mol. The van der Waals surface area contributed by atoms with Gasteiger partial charge in [0.25, 0.3) is 5.69 Å². The molecule has 1 rings (SSSR count). The molecule has 0 aliphatic heterocycles. The highest BCUT2D eigenvalue weighted by Gasteiger charge is 2.14. The average molecular weight is 232 g/mol. The molecule has 5 heteroatoms. The molecule has 0 unspecified atom stereocenters. The molecule has 17 heavy (non-hydrogen) atoms. The van der Waals surface area contributed by atoms with E-state index in [0.717, 1.165) is 0 Å². The molecule has 0 radical (unpaired) electrons. The predicted molar refractivity (Wildman–Crippen MR) is 63.4 cm³/mol. The lowest BCUT2D eigenvalue weighted by molar-refractivity contribution is -0.385. The standard InChI is InChI=1S/C12H12N2O3/c1-9-5-3-6-11(12(9)14(16)17)7-4-8-13-10(2)15/h3,5-6H,8H2,1-2H3,(H,13,15). The van der Waals surface area contributed by atoms with Crippen molar-refractivity contribution in [3.63, 3.8) is 0 Å². The molecule has 0 saturated heterocycles. The summed E-state index contributed by atoms with van der Waals surface area (Å²) in [5.41, 5.74) is 0.949. The molecule has 5 nitrogen and oxygen atoms in total.